The fraction of sp³-hybridized carbons (Fsp3) is 0.625. The monoisotopic (exact) mass is 483 g/mol. The summed E-state index contributed by atoms with van der Waals surface area (Å²) in [5.41, 5.74) is 0.916. The van der Waals surface area contributed by atoms with Crippen molar-refractivity contribution in [3.8, 4) is 0 Å². The Bertz CT molecular complexity index is 1080. The summed E-state index contributed by atoms with van der Waals surface area (Å²) in [6, 6.07) is 3.65. The smallest absolute Gasteiger partial charge is 0.230 e. The highest BCUT2D eigenvalue weighted by atomic mass is 32.1. The molecular formula is C24H33N7O2S. The van der Waals surface area contributed by atoms with Gasteiger partial charge in [-0.1, -0.05) is 0 Å². The predicted octanol–water partition coefficient (Wildman–Crippen LogP) is 4.04. The van der Waals surface area contributed by atoms with Crippen molar-refractivity contribution in [3.05, 3.63) is 23.8 Å². The van der Waals surface area contributed by atoms with Gasteiger partial charge in [-0.05, 0) is 50.0 Å². The molecule has 0 amide bonds. The number of hydrogen-bond donors (Lipinski definition) is 2. The molecule has 6 rings (SSSR count). The molecule has 9 nitrogen and oxygen atoms in total. The van der Waals surface area contributed by atoms with E-state index in [4.69, 9.17) is 19.4 Å². The average Bonchev–Trinajstić information content (AvgIpc) is 3.56. The molecule has 0 atom stereocenters. The molecule has 2 aliphatic heterocycles. The SMILES string of the molecule is c1cc2c(N[C@H]3CC[C@H](N4CCOCC4)CC3)nc(Nc3cnn(C4CCOCC4)c3)nc2s1. The zero-order valence-corrected chi connectivity index (χ0v) is 20.3. The summed E-state index contributed by atoms with van der Waals surface area (Å²) < 4.78 is 13.0. The minimum Gasteiger partial charge on any atom is -0.381 e. The van der Waals surface area contributed by atoms with Gasteiger partial charge in [0.25, 0.3) is 0 Å². The number of thiophene rings is 1. The molecule has 3 aromatic rings. The van der Waals surface area contributed by atoms with Crippen molar-refractivity contribution in [3.63, 3.8) is 0 Å². The number of fused-ring (bicyclic) bond motifs is 1. The second kappa shape index (κ2) is 10.2. The number of nitrogens with one attached hydrogen (secondary N) is 2. The van der Waals surface area contributed by atoms with Crippen LogP contribution in [0, 0.1) is 0 Å². The van der Waals surface area contributed by atoms with Gasteiger partial charge in [-0.2, -0.15) is 10.1 Å². The highest BCUT2D eigenvalue weighted by molar-refractivity contribution is 7.16. The zero-order valence-electron chi connectivity index (χ0n) is 19.5. The topological polar surface area (TPSA) is 89.4 Å². The third-order valence-corrected chi connectivity index (χ3v) is 8.15. The minimum atomic E-state index is 0.398. The molecule has 2 N–H and O–H groups in total. The fourth-order valence-corrected chi connectivity index (χ4v) is 6.19. The Labute approximate surface area is 203 Å². The quantitative estimate of drug-likeness (QED) is 0.543. The van der Waals surface area contributed by atoms with Crippen LogP contribution < -0.4 is 10.6 Å². The molecule has 0 radical (unpaired) electrons. The van der Waals surface area contributed by atoms with Crippen LogP contribution in [0.2, 0.25) is 0 Å². The van der Waals surface area contributed by atoms with Gasteiger partial charge in [0.05, 0.1) is 36.5 Å². The van der Waals surface area contributed by atoms with Crippen LogP contribution in [0.15, 0.2) is 23.8 Å². The van der Waals surface area contributed by atoms with Gasteiger partial charge in [-0.25, -0.2) is 4.98 Å². The Kier molecular flexibility index (Phi) is 6.63. The lowest BCUT2D eigenvalue weighted by Crippen LogP contribution is -2.46. The number of hydrogen-bond acceptors (Lipinski definition) is 9. The third-order valence-electron chi connectivity index (χ3n) is 7.35. The molecule has 3 fully saturated rings. The molecule has 0 spiro atoms. The number of aromatic nitrogens is 4. The summed E-state index contributed by atoms with van der Waals surface area (Å²) in [5.74, 6) is 1.55. The van der Waals surface area contributed by atoms with Crippen molar-refractivity contribution in [1.82, 2.24) is 24.6 Å². The summed E-state index contributed by atoms with van der Waals surface area (Å²) in [6.45, 7) is 5.50. The van der Waals surface area contributed by atoms with E-state index in [9.17, 15) is 0 Å². The summed E-state index contributed by atoms with van der Waals surface area (Å²) in [6.07, 6.45) is 10.7. The lowest BCUT2D eigenvalue weighted by atomic mass is 9.90. The highest BCUT2D eigenvalue weighted by Gasteiger charge is 2.27. The Balaban J connectivity index is 1.13. The van der Waals surface area contributed by atoms with Gasteiger partial charge in [0.1, 0.15) is 10.6 Å². The first kappa shape index (κ1) is 22.2. The molecule has 10 heteroatoms. The molecule has 3 aliphatic rings. The average molecular weight is 484 g/mol. The molecular weight excluding hydrogens is 450 g/mol. The molecule has 182 valence electrons. The van der Waals surface area contributed by atoms with Crippen LogP contribution in [-0.4, -0.2) is 76.2 Å². The van der Waals surface area contributed by atoms with Crippen molar-refractivity contribution in [2.45, 2.75) is 56.7 Å². The zero-order chi connectivity index (χ0) is 22.7. The van der Waals surface area contributed by atoms with Gasteiger partial charge in [-0.3, -0.25) is 9.58 Å². The lowest BCUT2D eigenvalue weighted by Gasteiger charge is -2.39. The van der Waals surface area contributed by atoms with E-state index in [0.717, 1.165) is 86.9 Å². The van der Waals surface area contributed by atoms with Crippen LogP contribution in [0.3, 0.4) is 0 Å². The van der Waals surface area contributed by atoms with Crippen molar-refractivity contribution < 1.29 is 9.47 Å². The number of ether oxygens (including phenoxy) is 2. The van der Waals surface area contributed by atoms with Crippen LogP contribution in [0.5, 0.6) is 0 Å². The van der Waals surface area contributed by atoms with Crippen molar-refractivity contribution in [2.75, 3.05) is 50.2 Å². The molecule has 0 aromatic carbocycles. The normalized spacial score (nSPS) is 24.9. The van der Waals surface area contributed by atoms with Gasteiger partial charge >= 0.3 is 0 Å². The standard InChI is InChI=1S/C24H33N7O2S/c1-3-19(30-8-12-33-13-9-30)4-2-17(1)26-22-21-7-14-34-23(21)29-24(28-22)27-18-15-25-31(16-18)20-5-10-32-11-6-20/h7,14-17,19-20H,1-6,8-13H2,(H2,26,27,28,29)/t17-,19-. The van der Waals surface area contributed by atoms with E-state index in [2.05, 4.69) is 38.3 Å². The van der Waals surface area contributed by atoms with E-state index in [1.165, 1.54) is 12.8 Å². The largest absolute Gasteiger partial charge is 0.381 e. The van der Waals surface area contributed by atoms with E-state index >= 15 is 0 Å². The maximum atomic E-state index is 5.53. The second-order valence-electron chi connectivity index (χ2n) is 9.51. The summed E-state index contributed by atoms with van der Waals surface area (Å²) in [7, 11) is 0. The highest BCUT2D eigenvalue weighted by Crippen LogP contribution is 2.31. The summed E-state index contributed by atoms with van der Waals surface area (Å²) in [5, 5.41) is 14.9. The number of rotatable bonds is 6. The fourth-order valence-electron chi connectivity index (χ4n) is 5.42. The Morgan fingerprint density at radius 3 is 2.53 bits per heavy atom. The van der Waals surface area contributed by atoms with E-state index < -0.39 is 0 Å². The van der Waals surface area contributed by atoms with Crippen LogP contribution in [-0.2, 0) is 9.47 Å². The first-order valence-electron chi connectivity index (χ1n) is 12.5. The molecule has 0 bridgehead atoms. The Hall–Kier alpha value is -2.27. The molecule has 3 aromatic heterocycles. The number of nitrogens with zero attached hydrogens (tertiary/aromatic N) is 5. The lowest BCUT2D eigenvalue weighted by molar-refractivity contribution is 0.00791. The van der Waals surface area contributed by atoms with Crippen molar-refractivity contribution >= 4 is 39.0 Å². The Morgan fingerprint density at radius 1 is 0.912 bits per heavy atom. The van der Waals surface area contributed by atoms with E-state index in [-0.39, 0.29) is 0 Å². The molecule has 1 saturated carbocycles. The molecule has 0 unspecified atom stereocenters. The number of anilines is 3. The van der Waals surface area contributed by atoms with Crippen molar-refractivity contribution in [2.24, 2.45) is 0 Å². The van der Waals surface area contributed by atoms with Gasteiger partial charge in [0.15, 0.2) is 0 Å². The molecule has 1 aliphatic carbocycles. The Morgan fingerprint density at radius 2 is 1.71 bits per heavy atom. The van der Waals surface area contributed by atoms with Gasteiger partial charge in [-0.15, -0.1) is 11.3 Å². The van der Waals surface area contributed by atoms with E-state index in [0.29, 0.717) is 24.1 Å². The maximum Gasteiger partial charge on any atom is 0.230 e. The third kappa shape index (κ3) is 4.91. The van der Waals surface area contributed by atoms with Gasteiger partial charge in [0, 0.05) is 44.6 Å². The molecule has 5 heterocycles. The summed E-state index contributed by atoms with van der Waals surface area (Å²) >= 11 is 1.65. The van der Waals surface area contributed by atoms with Crippen LogP contribution >= 0.6 is 11.3 Å². The van der Waals surface area contributed by atoms with Gasteiger partial charge < -0.3 is 20.1 Å². The van der Waals surface area contributed by atoms with Crippen LogP contribution in [0.25, 0.3) is 10.2 Å². The summed E-state index contributed by atoms with van der Waals surface area (Å²) in [4.78, 5) is 13.3. The second-order valence-corrected chi connectivity index (χ2v) is 10.4. The van der Waals surface area contributed by atoms with E-state index in [1.807, 2.05) is 10.9 Å². The maximum absolute atomic E-state index is 5.53. The first-order chi connectivity index (χ1) is 16.8. The first-order valence-corrected chi connectivity index (χ1v) is 13.4. The number of morpholine rings is 1. The molecule has 34 heavy (non-hydrogen) atoms. The van der Waals surface area contributed by atoms with Gasteiger partial charge in [0.2, 0.25) is 5.95 Å². The van der Waals surface area contributed by atoms with Crippen molar-refractivity contribution in [1.29, 1.82) is 0 Å². The van der Waals surface area contributed by atoms with E-state index in [1.54, 1.807) is 11.3 Å². The molecule has 2 saturated heterocycles. The van der Waals surface area contributed by atoms with Crippen LogP contribution in [0.4, 0.5) is 17.5 Å². The van der Waals surface area contributed by atoms with Crippen LogP contribution in [0.1, 0.15) is 44.6 Å². The minimum absolute atomic E-state index is 0.398. The predicted molar refractivity (Wildman–Crippen MR) is 134 cm³/mol.